The zero-order chi connectivity index (χ0) is 20.5. The zero-order valence-electron chi connectivity index (χ0n) is 16.7. The van der Waals surface area contributed by atoms with Gasteiger partial charge in [0.15, 0.2) is 0 Å². The summed E-state index contributed by atoms with van der Waals surface area (Å²) in [5, 5.41) is 2.94. The molecule has 1 aliphatic carbocycles. The standard InChI is InChI=1S/C24H24N2O3S/c27-23(25-15-19-5-3-13-29-19)17-9-11-26(12-10-17)24(28)21-14-18-8-7-16-4-1-2-6-20(16)22(18)30-21/h1-6,13-14,17H,7-12,15H2,(H,25,27). The van der Waals surface area contributed by atoms with E-state index in [0.717, 1.165) is 23.5 Å². The van der Waals surface area contributed by atoms with Crippen LogP contribution >= 0.6 is 11.3 Å². The van der Waals surface area contributed by atoms with Crippen molar-refractivity contribution in [3.05, 3.63) is 70.5 Å². The molecule has 0 bridgehead atoms. The summed E-state index contributed by atoms with van der Waals surface area (Å²) < 4.78 is 5.26. The van der Waals surface area contributed by atoms with Gasteiger partial charge in [0.2, 0.25) is 5.91 Å². The van der Waals surface area contributed by atoms with Gasteiger partial charge < -0.3 is 14.6 Å². The van der Waals surface area contributed by atoms with Crippen LogP contribution < -0.4 is 5.32 Å². The van der Waals surface area contributed by atoms with Crippen LogP contribution in [0.3, 0.4) is 0 Å². The molecule has 30 heavy (non-hydrogen) atoms. The Morgan fingerprint density at radius 2 is 1.87 bits per heavy atom. The van der Waals surface area contributed by atoms with Gasteiger partial charge in [0.25, 0.3) is 5.91 Å². The SMILES string of the molecule is O=C(NCc1ccco1)C1CCN(C(=O)c2cc3c(s2)-c2ccccc2CC3)CC1. The first-order valence-corrected chi connectivity index (χ1v) is 11.3. The third kappa shape index (κ3) is 3.67. The lowest BCUT2D eigenvalue weighted by Crippen LogP contribution is -2.42. The predicted octanol–water partition coefficient (Wildman–Crippen LogP) is 4.28. The number of piperidine rings is 1. The maximum atomic E-state index is 13.1. The normalized spacial score (nSPS) is 16.1. The van der Waals surface area contributed by atoms with Gasteiger partial charge in [-0.15, -0.1) is 11.3 Å². The van der Waals surface area contributed by atoms with Gasteiger partial charge in [0.05, 0.1) is 17.7 Å². The molecule has 1 saturated heterocycles. The fourth-order valence-corrected chi connectivity index (χ4v) is 5.65. The lowest BCUT2D eigenvalue weighted by atomic mass is 9.91. The number of rotatable bonds is 4. The third-order valence-corrected chi connectivity index (χ3v) is 7.31. The van der Waals surface area contributed by atoms with E-state index in [1.807, 2.05) is 17.0 Å². The summed E-state index contributed by atoms with van der Waals surface area (Å²) in [5.41, 5.74) is 3.93. The quantitative estimate of drug-likeness (QED) is 0.685. The Bertz CT molecular complexity index is 1060. The number of aryl methyl sites for hydroxylation is 2. The van der Waals surface area contributed by atoms with Crippen molar-refractivity contribution in [1.29, 1.82) is 0 Å². The Morgan fingerprint density at radius 1 is 1.07 bits per heavy atom. The van der Waals surface area contributed by atoms with E-state index in [0.29, 0.717) is 32.5 Å². The van der Waals surface area contributed by atoms with Gasteiger partial charge in [-0.3, -0.25) is 9.59 Å². The molecule has 1 N–H and O–H groups in total. The maximum Gasteiger partial charge on any atom is 0.263 e. The van der Waals surface area contributed by atoms with Gasteiger partial charge in [0.1, 0.15) is 5.76 Å². The van der Waals surface area contributed by atoms with E-state index in [1.165, 1.54) is 21.6 Å². The number of carbonyl (C=O) groups excluding carboxylic acids is 2. The van der Waals surface area contributed by atoms with Gasteiger partial charge in [-0.1, -0.05) is 24.3 Å². The molecular weight excluding hydrogens is 396 g/mol. The molecule has 5 rings (SSSR count). The van der Waals surface area contributed by atoms with Crippen molar-refractivity contribution in [1.82, 2.24) is 10.2 Å². The van der Waals surface area contributed by atoms with E-state index in [1.54, 1.807) is 17.6 Å². The number of amides is 2. The van der Waals surface area contributed by atoms with Crippen LogP contribution in [0.4, 0.5) is 0 Å². The van der Waals surface area contributed by atoms with E-state index < -0.39 is 0 Å². The molecule has 3 aromatic rings. The molecule has 0 spiro atoms. The first kappa shape index (κ1) is 19.1. The number of likely N-dealkylation sites (tertiary alicyclic amines) is 1. The lowest BCUT2D eigenvalue weighted by molar-refractivity contribution is -0.126. The summed E-state index contributed by atoms with van der Waals surface area (Å²) in [6, 6.07) is 14.2. The van der Waals surface area contributed by atoms with Crippen LogP contribution in [0.5, 0.6) is 0 Å². The molecule has 0 atom stereocenters. The predicted molar refractivity (Wildman–Crippen MR) is 116 cm³/mol. The van der Waals surface area contributed by atoms with Gasteiger partial charge in [0, 0.05) is 23.9 Å². The molecular formula is C24H24N2O3S. The molecule has 2 aliphatic rings. The monoisotopic (exact) mass is 420 g/mol. The number of hydrogen-bond acceptors (Lipinski definition) is 4. The van der Waals surface area contributed by atoms with Crippen molar-refractivity contribution >= 4 is 23.2 Å². The fourth-order valence-electron chi connectivity index (χ4n) is 4.41. The second-order valence-corrected chi connectivity index (χ2v) is 9.04. The molecule has 0 unspecified atom stereocenters. The van der Waals surface area contributed by atoms with E-state index in [-0.39, 0.29) is 17.7 Å². The van der Waals surface area contributed by atoms with Gasteiger partial charge >= 0.3 is 0 Å². The van der Waals surface area contributed by atoms with E-state index in [9.17, 15) is 9.59 Å². The number of hydrogen-bond donors (Lipinski definition) is 1. The molecule has 1 fully saturated rings. The molecule has 0 radical (unpaired) electrons. The van der Waals surface area contributed by atoms with Crippen LogP contribution in [0.2, 0.25) is 0 Å². The Kier molecular flexibility index (Phi) is 5.17. The highest BCUT2D eigenvalue weighted by atomic mass is 32.1. The summed E-state index contributed by atoms with van der Waals surface area (Å²) in [7, 11) is 0. The van der Waals surface area contributed by atoms with Crippen molar-refractivity contribution in [2.45, 2.75) is 32.2 Å². The van der Waals surface area contributed by atoms with Crippen molar-refractivity contribution in [3.63, 3.8) is 0 Å². The Hall–Kier alpha value is -2.86. The Balaban J connectivity index is 1.21. The van der Waals surface area contributed by atoms with E-state index in [4.69, 9.17) is 4.42 Å². The van der Waals surface area contributed by atoms with Gasteiger partial charge in [-0.25, -0.2) is 0 Å². The lowest BCUT2D eigenvalue weighted by Gasteiger charge is -2.31. The van der Waals surface area contributed by atoms with Gasteiger partial charge in [-0.05, 0) is 60.6 Å². The number of thiophene rings is 1. The van der Waals surface area contributed by atoms with Crippen LogP contribution in [-0.2, 0) is 24.2 Å². The first-order chi connectivity index (χ1) is 14.7. The number of furan rings is 1. The zero-order valence-corrected chi connectivity index (χ0v) is 17.5. The molecule has 1 aliphatic heterocycles. The second kappa shape index (κ2) is 8.11. The molecule has 2 aromatic heterocycles. The first-order valence-electron chi connectivity index (χ1n) is 10.5. The van der Waals surface area contributed by atoms with Crippen LogP contribution in [0.15, 0.2) is 53.1 Å². The van der Waals surface area contributed by atoms with Crippen molar-refractivity contribution < 1.29 is 14.0 Å². The van der Waals surface area contributed by atoms with Crippen LogP contribution in [0.1, 0.15) is 39.4 Å². The Morgan fingerprint density at radius 3 is 2.67 bits per heavy atom. The summed E-state index contributed by atoms with van der Waals surface area (Å²) >= 11 is 1.61. The molecule has 6 heteroatoms. The van der Waals surface area contributed by atoms with Crippen molar-refractivity contribution in [2.24, 2.45) is 5.92 Å². The summed E-state index contributed by atoms with van der Waals surface area (Å²) in [5.74, 6) is 0.842. The highest BCUT2D eigenvalue weighted by Gasteiger charge is 2.29. The molecule has 5 nitrogen and oxygen atoms in total. The summed E-state index contributed by atoms with van der Waals surface area (Å²) in [6.45, 7) is 1.65. The molecule has 154 valence electrons. The van der Waals surface area contributed by atoms with Gasteiger partial charge in [-0.2, -0.15) is 0 Å². The Labute approximate surface area is 179 Å². The number of carbonyl (C=O) groups is 2. The van der Waals surface area contributed by atoms with Crippen LogP contribution in [-0.4, -0.2) is 29.8 Å². The number of nitrogens with one attached hydrogen (secondary N) is 1. The average Bonchev–Trinajstić information content (AvgIpc) is 3.47. The molecule has 1 aromatic carbocycles. The van der Waals surface area contributed by atoms with E-state index in [2.05, 4.69) is 35.6 Å². The van der Waals surface area contributed by atoms with E-state index >= 15 is 0 Å². The minimum atomic E-state index is -0.0487. The number of fused-ring (bicyclic) bond motifs is 3. The van der Waals surface area contributed by atoms with Crippen LogP contribution in [0, 0.1) is 5.92 Å². The smallest absolute Gasteiger partial charge is 0.263 e. The molecule has 0 saturated carbocycles. The maximum absolute atomic E-state index is 13.1. The van der Waals surface area contributed by atoms with Crippen LogP contribution in [0.25, 0.3) is 10.4 Å². The number of benzene rings is 1. The highest BCUT2D eigenvalue weighted by Crippen LogP contribution is 2.40. The summed E-state index contributed by atoms with van der Waals surface area (Å²) in [4.78, 5) is 29.5. The third-order valence-electron chi connectivity index (χ3n) is 6.12. The highest BCUT2D eigenvalue weighted by molar-refractivity contribution is 7.17. The second-order valence-electron chi connectivity index (χ2n) is 7.99. The molecule has 3 heterocycles. The topological polar surface area (TPSA) is 62.6 Å². The summed E-state index contributed by atoms with van der Waals surface area (Å²) in [6.07, 6.45) is 5.03. The average molecular weight is 421 g/mol. The van der Waals surface area contributed by atoms with Crippen molar-refractivity contribution in [3.8, 4) is 10.4 Å². The van der Waals surface area contributed by atoms with Crippen molar-refractivity contribution in [2.75, 3.05) is 13.1 Å². The largest absolute Gasteiger partial charge is 0.467 e. The molecule has 2 amide bonds. The number of nitrogens with zero attached hydrogens (tertiary/aromatic N) is 1. The minimum Gasteiger partial charge on any atom is -0.467 e. The fraction of sp³-hybridized carbons (Fsp3) is 0.333. The minimum absolute atomic E-state index is 0.0432.